The summed E-state index contributed by atoms with van der Waals surface area (Å²) in [4.78, 5) is 22.9. The lowest BCUT2D eigenvalue weighted by Gasteiger charge is -2.19. The normalized spacial score (nSPS) is 12.3. The molecule has 0 heterocycles. The molecule has 19 heavy (non-hydrogen) atoms. The van der Waals surface area contributed by atoms with Crippen molar-refractivity contribution in [3.63, 3.8) is 0 Å². The summed E-state index contributed by atoms with van der Waals surface area (Å²) in [6, 6.07) is 0. The first-order valence-corrected chi connectivity index (χ1v) is 7.36. The minimum Gasteiger partial charge on any atom is -0.465 e. The molecule has 0 radical (unpaired) electrons. The molecule has 0 amide bonds. The van der Waals surface area contributed by atoms with Gasteiger partial charge in [-0.3, -0.25) is 9.59 Å². The van der Waals surface area contributed by atoms with Crippen LogP contribution in [0, 0.1) is 5.92 Å². The Morgan fingerprint density at radius 1 is 1.00 bits per heavy atom. The zero-order chi connectivity index (χ0) is 14.7. The number of carbonyl (C=O) groups is 2. The third kappa shape index (κ3) is 9.51. The average molecular weight is 272 g/mol. The van der Waals surface area contributed by atoms with Crippen molar-refractivity contribution in [1.82, 2.24) is 0 Å². The predicted octanol–water partition coefficient (Wildman–Crippen LogP) is 3.48. The first kappa shape index (κ1) is 17.9. The molecule has 4 heteroatoms. The van der Waals surface area contributed by atoms with Gasteiger partial charge in [-0.2, -0.15) is 0 Å². The monoisotopic (exact) mass is 272 g/mol. The van der Waals surface area contributed by atoms with Crippen LogP contribution < -0.4 is 0 Å². The molecule has 0 saturated carbocycles. The van der Waals surface area contributed by atoms with Crippen LogP contribution in [-0.4, -0.2) is 24.6 Å². The summed E-state index contributed by atoms with van der Waals surface area (Å²) in [6.45, 7) is 8.47. The van der Waals surface area contributed by atoms with Gasteiger partial charge in [-0.25, -0.2) is 0 Å². The number of carbonyl (C=O) groups excluding carboxylic acids is 2. The molecule has 0 aliphatic heterocycles. The van der Waals surface area contributed by atoms with Gasteiger partial charge in [-0.15, -0.1) is 0 Å². The second kappa shape index (κ2) is 10.8. The molecule has 0 aromatic carbocycles. The summed E-state index contributed by atoms with van der Waals surface area (Å²) in [5.74, 6) is -0.710. The van der Waals surface area contributed by atoms with Crippen LogP contribution in [0.15, 0.2) is 0 Å². The minimum atomic E-state index is -0.487. The number of hydrogen-bond acceptors (Lipinski definition) is 4. The number of hydrogen-bond donors (Lipinski definition) is 0. The van der Waals surface area contributed by atoms with E-state index in [1.807, 2.05) is 20.8 Å². The Labute approximate surface area is 116 Å². The Kier molecular flexibility index (Phi) is 10.2. The number of rotatable bonds is 10. The first-order valence-electron chi connectivity index (χ1n) is 7.36. The maximum Gasteiger partial charge on any atom is 0.317 e. The van der Waals surface area contributed by atoms with E-state index in [9.17, 15) is 9.59 Å². The van der Waals surface area contributed by atoms with E-state index in [1.54, 1.807) is 0 Å². The molecular weight excluding hydrogens is 244 g/mol. The SMILES string of the molecule is CCCCCCOC(=O)CC(=O)OC(CC)C(C)C. The maximum atomic E-state index is 11.5. The van der Waals surface area contributed by atoms with E-state index in [0.717, 1.165) is 32.1 Å². The lowest BCUT2D eigenvalue weighted by Crippen LogP contribution is -2.24. The van der Waals surface area contributed by atoms with Crippen LogP contribution in [0.4, 0.5) is 0 Å². The summed E-state index contributed by atoms with van der Waals surface area (Å²) in [6.07, 6.45) is 4.56. The summed E-state index contributed by atoms with van der Waals surface area (Å²) in [5, 5.41) is 0. The summed E-state index contributed by atoms with van der Waals surface area (Å²) in [7, 11) is 0. The van der Waals surface area contributed by atoms with E-state index in [4.69, 9.17) is 9.47 Å². The molecule has 4 nitrogen and oxygen atoms in total. The highest BCUT2D eigenvalue weighted by atomic mass is 16.6. The fourth-order valence-corrected chi connectivity index (χ4v) is 1.79. The van der Waals surface area contributed by atoms with Gasteiger partial charge in [0.05, 0.1) is 6.61 Å². The standard InChI is InChI=1S/C15H28O4/c1-5-7-8-9-10-18-14(16)11-15(17)19-13(6-2)12(3)4/h12-13H,5-11H2,1-4H3. The molecule has 0 aliphatic carbocycles. The van der Waals surface area contributed by atoms with Gasteiger partial charge in [0.25, 0.3) is 0 Å². The van der Waals surface area contributed by atoms with Gasteiger partial charge in [0.15, 0.2) is 0 Å². The van der Waals surface area contributed by atoms with Gasteiger partial charge in [0.2, 0.25) is 0 Å². The van der Waals surface area contributed by atoms with Crippen molar-refractivity contribution in [3.8, 4) is 0 Å². The summed E-state index contributed by atoms with van der Waals surface area (Å²) < 4.78 is 10.2. The maximum absolute atomic E-state index is 11.5. The second-order valence-electron chi connectivity index (χ2n) is 5.14. The highest BCUT2D eigenvalue weighted by Crippen LogP contribution is 2.11. The fourth-order valence-electron chi connectivity index (χ4n) is 1.79. The second-order valence-corrected chi connectivity index (χ2v) is 5.14. The summed E-state index contributed by atoms with van der Waals surface area (Å²) in [5.41, 5.74) is 0. The van der Waals surface area contributed by atoms with Crippen molar-refractivity contribution in [1.29, 1.82) is 0 Å². The lowest BCUT2D eigenvalue weighted by molar-refractivity contribution is -0.159. The Bertz CT molecular complexity index is 261. The molecule has 0 aromatic heterocycles. The van der Waals surface area contributed by atoms with E-state index >= 15 is 0 Å². The quantitative estimate of drug-likeness (QED) is 0.347. The highest BCUT2D eigenvalue weighted by Gasteiger charge is 2.19. The Morgan fingerprint density at radius 3 is 2.21 bits per heavy atom. The molecule has 0 N–H and O–H groups in total. The lowest BCUT2D eigenvalue weighted by atomic mass is 10.1. The van der Waals surface area contributed by atoms with E-state index in [0.29, 0.717) is 6.61 Å². The van der Waals surface area contributed by atoms with Crippen LogP contribution in [0.25, 0.3) is 0 Å². The van der Waals surface area contributed by atoms with Crippen molar-refractivity contribution in [2.45, 2.75) is 72.3 Å². The molecule has 0 bridgehead atoms. The van der Waals surface area contributed by atoms with Gasteiger partial charge < -0.3 is 9.47 Å². The number of unbranched alkanes of at least 4 members (excludes halogenated alkanes) is 3. The Hall–Kier alpha value is -1.06. The van der Waals surface area contributed by atoms with Crippen LogP contribution in [0.3, 0.4) is 0 Å². The first-order chi connectivity index (χ1) is 9.01. The third-order valence-corrected chi connectivity index (χ3v) is 2.98. The molecule has 0 aliphatic rings. The van der Waals surface area contributed by atoms with Gasteiger partial charge in [-0.1, -0.05) is 47.0 Å². The molecule has 1 unspecified atom stereocenters. The van der Waals surface area contributed by atoms with Gasteiger partial charge in [0, 0.05) is 0 Å². The van der Waals surface area contributed by atoms with Gasteiger partial charge >= 0.3 is 11.9 Å². The molecule has 0 aromatic rings. The molecular formula is C15H28O4. The fraction of sp³-hybridized carbons (Fsp3) is 0.867. The van der Waals surface area contributed by atoms with Gasteiger partial charge in [0.1, 0.15) is 12.5 Å². The van der Waals surface area contributed by atoms with Crippen LogP contribution in [0.2, 0.25) is 0 Å². The molecule has 0 fully saturated rings. The Morgan fingerprint density at radius 2 is 1.68 bits per heavy atom. The predicted molar refractivity (Wildman–Crippen MR) is 74.7 cm³/mol. The van der Waals surface area contributed by atoms with Crippen molar-refractivity contribution in [2.75, 3.05) is 6.61 Å². The summed E-state index contributed by atoms with van der Waals surface area (Å²) >= 11 is 0. The zero-order valence-corrected chi connectivity index (χ0v) is 12.7. The minimum absolute atomic E-state index is 0.121. The molecule has 0 saturated heterocycles. The van der Waals surface area contributed by atoms with Crippen molar-refractivity contribution < 1.29 is 19.1 Å². The van der Waals surface area contributed by atoms with Crippen molar-refractivity contribution in [3.05, 3.63) is 0 Å². The molecule has 112 valence electrons. The largest absolute Gasteiger partial charge is 0.465 e. The topological polar surface area (TPSA) is 52.6 Å². The van der Waals surface area contributed by atoms with E-state index in [-0.39, 0.29) is 18.4 Å². The van der Waals surface area contributed by atoms with E-state index < -0.39 is 11.9 Å². The molecule has 1 atom stereocenters. The molecule has 0 spiro atoms. The van der Waals surface area contributed by atoms with Crippen molar-refractivity contribution >= 4 is 11.9 Å². The highest BCUT2D eigenvalue weighted by molar-refractivity contribution is 5.91. The van der Waals surface area contributed by atoms with Crippen molar-refractivity contribution in [2.24, 2.45) is 5.92 Å². The zero-order valence-electron chi connectivity index (χ0n) is 12.7. The average Bonchev–Trinajstić information content (AvgIpc) is 2.35. The van der Waals surface area contributed by atoms with Crippen LogP contribution in [-0.2, 0) is 19.1 Å². The number of esters is 2. The van der Waals surface area contributed by atoms with E-state index in [2.05, 4.69) is 6.92 Å². The Balaban J connectivity index is 3.77. The van der Waals surface area contributed by atoms with Crippen LogP contribution in [0.5, 0.6) is 0 Å². The molecule has 0 rings (SSSR count). The van der Waals surface area contributed by atoms with Crippen LogP contribution >= 0.6 is 0 Å². The number of ether oxygens (including phenoxy) is 2. The van der Waals surface area contributed by atoms with E-state index in [1.165, 1.54) is 0 Å². The smallest absolute Gasteiger partial charge is 0.317 e. The van der Waals surface area contributed by atoms with Gasteiger partial charge in [-0.05, 0) is 18.8 Å². The third-order valence-electron chi connectivity index (χ3n) is 2.98. The van der Waals surface area contributed by atoms with Crippen LogP contribution in [0.1, 0.15) is 66.2 Å².